The Labute approximate surface area is 131 Å². The van der Waals surface area contributed by atoms with Crippen LogP contribution in [0.5, 0.6) is 5.75 Å². The van der Waals surface area contributed by atoms with Crippen molar-refractivity contribution in [3.05, 3.63) is 47.0 Å². The van der Waals surface area contributed by atoms with Crippen LogP contribution >= 0.6 is 11.6 Å². The highest BCUT2D eigenvalue weighted by molar-refractivity contribution is 6.31. The monoisotopic (exact) mass is 307 g/mol. The number of aryl methyl sites for hydroxylation is 1. The highest BCUT2D eigenvalue weighted by atomic mass is 35.5. The predicted octanol–water partition coefficient (Wildman–Crippen LogP) is 3.54. The highest BCUT2D eigenvalue weighted by Crippen LogP contribution is 2.27. The van der Waals surface area contributed by atoms with E-state index in [9.17, 15) is 0 Å². The van der Waals surface area contributed by atoms with Crippen LogP contribution in [0, 0.1) is 0 Å². The van der Waals surface area contributed by atoms with Crippen LogP contribution in [0.4, 0.5) is 0 Å². The van der Waals surface area contributed by atoms with Gasteiger partial charge in [0.25, 0.3) is 0 Å². The lowest BCUT2D eigenvalue weighted by Crippen LogP contribution is -2.35. The first-order chi connectivity index (χ1) is 9.87. The lowest BCUT2D eigenvalue weighted by atomic mass is 10.1. The molecule has 0 saturated heterocycles. The maximum absolute atomic E-state index is 6.31. The van der Waals surface area contributed by atoms with Gasteiger partial charge in [0.2, 0.25) is 0 Å². The molecule has 21 heavy (non-hydrogen) atoms. The van der Waals surface area contributed by atoms with Gasteiger partial charge in [0.15, 0.2) is 0 Å². The lowest BCUT2D eigenvalue weighted by molar-refractivity contribution is 0.291. The molecule has 0 aliphatic rings. The zero-order valence-electron chi connectivity index (χ0n) is 13.0. The SMILES string of the molecule is Cn1cncc1COc1cccc(Cl)c1CNC(C)(C)C. The molecule has 2 rings (SSSR count). The Morgan fingerprint density at radius 1 is 1.33 bits per heavy atom. The number of hydrogen-bond donors (Lipinski definition) is 1. The van der Waals surface area contributed by atoms with Gasteiger partial charge >= 0.3 is 0 Å². The first kappa shape index (κ1) is 15.9. The van der Waals surface area contributed by atoms with Crippen LogP contribution in [-0.2, 0) is 20.2 Å². The molecule has 0 spiro atoms. The molecule has 2 aromatic rings. The van der Waals surface area contributed by atoms with Gasteiger partial charge in [-0.1, -0.05) is 17.7 Å². The second-order valence-electron chi connectivity index (χ2n) is 6.10. The van der Waals surface area contributed by atoms with Gasteiger partial charge in [-0.25, -0.2) is 4.98 Å². The average molecular weight is 308 g/mol. The van der Waals surface area contributed by atoms with Crippen LogP contribution in [0.25, 0.3) is 0 Å². The number of nitrogens with one attached hydrogen (secondary N) is 1. The van der Waals surface area contributed by atoms with E-state index < -0.39 is 0 Å². The molecule has 1 heterocycles. The van der Waals surface area contributed by atoms with Gasteiger partial charge in [-0.2, -0.15) is 0 Å². The summed E-state index contributed by atoms with van der Waals surface area (Å²) in [5.41, 5.74) is 2.03. The van der Waals surface area contributed by atoms with Crippen LogP contribution < -0.4 is 10.1 Å². The van der Waals surface area contributed by atoms with Gasteiger partial charge < -0.3 is 14.6 Å². The van der Waals surface area contributed by atoms with Crippen molar-refractivity contribution in [3.63, 3.8) is 0 Å². The Kier molecular flexibility index (Phi) is 4.91. The summed E-state index contributed by atoms with van der Waals surface area (Å²) >= 11 is 6.31. The summed E-state index contributed by atoms with van der Waals surface area (Å²) in [7, 11) is 1.95. The molecular weight excluding hydrogens is 286 g/mol. The van der Waals surface area contributed by atoms with Gasteiger partial charge in [-0.05, 0) is 32.9 Å². The molecule has 1 N–H and O–H groups in total. The van der Waals surface area contributed by atoms with Gasteiger partial charge in [0.05, 0.1) is 18.2 Å². The van der Waals surface area contributed by atoms with Crippen molar-refractivity contribution in [2.24, 2.45) is 7.05 Å². The van der Waals surface area contributed by atoms with E-state index in [1.54, 1.807) is 12.5 Å². The van der Waals surface area contributed by atoms with Gasteiger partial charge in [-0.15, -0.1) is 0 Å². The van der Waals surface area contributed by atoms with E-state index in [1.807, 2.05) is 29.8 Å². The number of imidazole rings is 1. The normalized spacial score (nSPS) is 11.7. The molecule has 0 saturated carbocycles. The summed E-state index contributed by atoms with van der Waals surface area (Å²) in [6.07, 6.45) is 3.57. The van der Waals surface area contributed by atoms with Crippen molar-refractivity contribution in [2.75, 3.05) is 0 Å². The Morgan fingerprint density at radius 3 is 2.71 bits per heavy atom. The van der Waals surface area contributed by atoms with Crippen molar-refractivity contribution in [1.29, 1.82) is 0 Å². The van der Waals surface area contributed by atoms with Crippen molar-refractivity contribution < 1.29 is 4.74 Å². The number of rotatable bonds is 5. The number of nitrogens with zero attached hydrogens (tertiary/aromatic N) is 2. The summed E-state index contributed by atoms with van der Waals surface area (Å²) in [6.45, 7) is 7.52. The van der Waals surface area contributed by atoms with Crippen LogP contribution in [0.2, 0.25) is 5.02 Å². The van der Waals surface area contributed by atoms with E-state index in [-0.39, 0.29) is 5.54 Å². The molecule has 1 aromatic carbocycles. The second-order valence-corrected chi connectivity index (χ2v) is 6.51. The molecule has 1 aromatic heterocycles. The van der Waals surface area contributed by atoms with E-state index in [2.05, 4.69) is 31.1 Å². The fraction of sp³-hybridized carbons (Fsp3) is 0.438. The number of benzene rings is 1. The summed E-state index contributed by atoms with van der Waals surface area (Å²) in [4.78, 5) is 4.09. The van der Waals surface area contributed by atoms with Gasteiger partial charge in [-0.3, -0.25) is 0 Å². The maximum Gasteiger partial charge on any atom is 0.130 e. The molecule has 0 amide bonds. The number of hydrogen-bond acceptors (Lipinski definition) is 3. The third kappa shape index (κ3) is 4.48. The van der Waals surface area contributed by atoms with E-state index in [0.29, 0.717) is 18.2 Å². The molecule has 4 nitrogen and oxygen atoms in total. The van der Waals surface area contributed by atoms with Crippen LogP contribution in [-0.4, -0.2) is 15.1 Å². The first-order valence-corrected chi connectivity index (χ1v) is 7.35. The van der Waals surface area contributed by atoms with Crippen molar-refractivity contribution in [1.82, 2.24) is 14.9 Å². The quantitative estimate of drug-likeness (QED) is 0.918. The van der Waals surface area contributed by atoms with Gasteiger partial charge in [0, 0.05) is 29.7 Å². The first-order valence-electron chi connectivity index (χ1n) is 6.97. The fourth-order valence-electron chi connectivity index (χ4n) is 1.87. The minimum absolute atomic E-state index is 0.0263. The largest absolute Gasteiger partial charge is 0.487 e. The third-order valence-corrected chi connectivity index (χ3v) is 3.52. The number of ether oxygens (including phenoxy) is 1. The molecule has 0 fully saturated rings. The zero-order chi connectivity index (χ0) is 15.5. The average Bonchev–Trinajstić information content (AvgIpc) is 2.79. The topological polar surface area (TPSA) is 39.1 Å². The Morgan fingerprint density at radius 2 is 2.10 bits per heavy atom. The molecule has 0 atom stereocenters. The lowest BCUT2D eigenvalue weighted by Gasteiger charge is -2.22. The molecule has 0 unspecified atom stereocenters. The standard InChI is InChI=1S/C16H22ClN3O/c1-16(2,3)19-9-13-14(17)6-5-7-15(13)21-10-12-8-18-11-20(12)4/h5-8,11,19H,9-10H2,1-4H3. The molecule has 0 aliphatic heterocycles. The maximum atomic E-state index is 6.31. The predicted molar refractivity (Wildman–Crippen MR) is 85.6 cm³/mol. The van der Waals surface area contributed by atoms with Crippen molar-refractivity contribution in [2.45, 2.75) is 39.5 Å². The summed E-state index contributed by atoms with van der Waals surface area (Å²) in [6, 6.07) is 5.74. The second kappa shape index (κ2) is 6.50. The van der Waals surface area contributed by atoms with E-state index in [4.69, 9.17) is 16.3 Å². The van der Waals surface area contributed by atoms with Crippen LogP contribution in [0.1, 0.15) is 32.0 Å². The third-order valence-electron chi connectivity index (χ3n) is 3.16. The fourth-order valence-corrected chi connectivity index (χ4v) is 2.11. The minimum Gasteiger partial charge on any atom is -0.487 e. The summed E-state index contributed by atoms with van der Waals surface area (Å²) in [5, 5.41) is 4.16. The Hall–Kier alpha value is -1.52. The van der Waals surface area contributed by atoms with Crippen LogP contribution in [0.3, 0.4) is 0 Å². The van der Waals surface area contributed by atoms with Crippen LogP contribution in [0.15, 0.2) is 30.7 Å². The van der Waals surface area contributed by atoms with Gasteiger partial charge in [0.1, 0.15) is 12.4 Å². The summed E-state index contributed by atoms with van der Waals surface area (Å²) < 4.78 is 7.87. The number of halogens is 1. The molecule has 114 valence electrons. The smallest absolute Gasteiger partial charge is 0.130 e. The van der Waals surface area contributed by atoms with E-state index in [1.165, 1.54) is 0 Å². The zero-order valence-corrected chi connectivity index (χ0v) is 13.7. The van der Waals surface area contributed by atoms with Crippen molar-refractivity contribution in [3.8, 4) is 5.75 Å². The van der Waals surface area contributed by atoms with Crippen molar-refractivity contribution >= 4 is 11.6 Å². The molecule has 0 bridgehead atoms. The van der Waals surface area contributed by atoms with E-state index >= 15 is 0 Å². The number of aromatic nitrogens is 2. The Balaban J connectivity index is 2.11. The van der Waals surface area contributed by atoms with E-state index in [0.717, 1.165) is 17.0 Å². The molecular formula is C16H22ClN3O. The molecule has 0 radical (unpaired) electrons. The molecule has 0 aliphatic carbocycles. The minimum atomic E-state index is 0.0263. The highest BCUT2D eigenvalue weighted by Gasteiger charge is 2.14. The molecule has 5 heteroatoms. The summed E-state index contributed by atoms with van der Waals surface area (Å²) in [5.74, 6) is 0.806. The Bertz CT molecular complexity index is 602.